The van der Waals surface area contributed by atoms with E-state index in [-0.39, 0.29) is 0 Å². The van der Waals surface area contributed by atoms with E-state index in [1.54, 1.807) is 7.11 Å². The van der Waals surface area contributed by atoms with Crippen LogP contribution in [0.4, 0.5) is 0 Å². The Hall–Kier alpha value is -0.540. The first-order valence-electron chi connectivity index (χ1n) is 8.09. The van der Waals surface area contributed by atoms with Gasteiger partial charge < -0.3 is 10.1 Å². The van der Waals surface area contributed by atoms with Crippen molar-refractivity contribution in [2.45, 2.75) is 58.4 Å². The van der Waals surface area contributed by atoms with Gasteiger partial charge >= 0.3 is 0 Å². The second-order valence-corrected chi connectivity index (χ2v) is 7.18. The van der Waals surface area contributed by atoms with Gasteiger partial charge in [-0.05, 0) is 50.4 Å². The first kappa shape index (κ1) is 16.8. The lowest BCUT2D eigenvalue weighted by Gasteiger charge is -2.29. The zero-order chi connectivity index (χ0) is 15.4. The molecule has 3 heteroatoms. The summed E-state index contributed by atoms with van der Waals surface area (Å²) >= 11 is 3.70. The molecule has 0 bridgehead atoms. The van der Waals surface area contributed by atoms with Crippen molar-refractivity contribution in [2.24, 2.45) is 5.92 Å². The van der Waals surface area contributed by atoms with Gasteiger partial charge in [0.05, 0.1) is 7.11 Å². The fraction of sp³-hybridized carbons (Fsp3) is 0.667. The van der Waals surface area contributed by atoms with E-state index in [2.05, 4.69) is 48.2 Å². The average molecular weight is 354 g/mol. The molecule has 0 aliphatic heterocycles. The van der Waals surface area contributed by atoms with E-state index in [4.69, 9.17) is 4.74 Å². The summed E-state index contributed by atoms with van der Waals surface area (Å²) in [6, 6.07) is 2.53. The summed E-state index contributed by atoms with van der Waals surface area (Å²) in [5.41, 5.74) is 3.83. The van der Waals surface area contributed by atoms with E-state index >= 15 is 0 Å². The molecule has 1 unspecified atom stereocenters. The van der Waals surface area contributed by atoms with Crippen molar-refractivity contribution >= 4 is 15.9 Å². The van der Waals surface area contributed by atoms with Crippen LogP contribution >= 0.6 is 15.9 Å². The molecule has 2 rings (SSSR count). The third-order valence-electron chi connectivity index (χ3n) is 4.90. The molecule has 1 N–H and O–H groups in total. The van der Waals surface area contributed by atoms with Crippen LogP contribution in [0.3, 0.4) is 0 Å². The number of hydrogen-bond acceptors (Lipinski definition) is 2. The molecule has 1 fully saturated rings. The van der Waals surface area contributed by atoms with Crippen molar-refractivity contribution < 1.29 is 4.74 Å². The van der Waals surface area contributed by atoms with Crippen LogP contribution in [0.5, 0.6) is 5.75 Å². The Bertz CT molecular complexity index is 481. The van der Waals surface area contributed by atoms with Gasteiger partial charge in [-0.3, -0.25) is 0 Å². The molecule has 1 aliphatic carbocycles. The quantitative estimate of drug-likeness (QED) is 0.774. The molecular formula is C18H28BrNO. The number of ether oxygens (including phenoxy) is 1. The van der Waals surface area contributed by atoms with Crippen molar-refractivity contribution in [3.8, 4) is 5.75 Å². The van der Waals surface area contributed by atoms with Gasteiger partial charge in [-0.15, -0.1) is 0 Å². The Labute approximate surface area is 137 Å². The summed E-state index contributed by atoms with van der Waals surface area (Å²) in [4.78, 5) is 0. The zero-order valence-corrected chi connectivity index (χ0v) is 15.3. The summed E-state index contributed by atoms with van der Waals surface area (Å²) in [6.45, 7) is 4.31. The molecule has 1 aromatic rings. The second kappa shape index (κ2) is 7.64. The van der Waals surface area contributed by atoms with Gasteiger partial charge in [0.1, 0.15) is 5.75 Å². The highest BCUT2D eigenvalue weighted by atomic mass is 79.9. The summed E-state index contributed by atoms with van der Waals surface area (Å²) < 4.78 is 6.90. The van der Waals surface area contributed by atoms with Gasteiger partial charge in [-0.1, -0.05) is 48.0 Å². The van der Waals surface area contributed by atoms with Gasteiger partial charge in [0.15, 0.2) is 0 Å². The maximum absolute atomic E-state index is 5.72. The molecule has 118 valence electrons. The van der Waals surface area contributed by atoms with Crippen LogP contribution in [0, 0.1) is 19.8 Å². The number of rotatable bonds is 5. The highest BCUT2D eigenvalue weighted by molar-refractivity contribution is 9.10. The minimum absolute atomic E-state index is 0.374. The maximum Gasteiger partial charge on any atom is 0.126 e. The van der Waals surface area contributed by atoms with Gasteiger partial charge in [-0.25, -0.2) is 0 Å². The Morgan fingerprint density at radius 2 is 1.95 bits per heavy atom. The highest BCUT2D eigenvalue weighted by Gasteiger charge is 2.24. The molecule has 1 aromatic carbocycles. The number of hydrogen-bond donors (Lipinski definition) is 1. The van der Waals surface area contributed by atoms with Crippen LogP contribution in [0.25, 0.3) is 0 Å². The largest absolute Gasteiger partial charge is 0.496 e. The lowest BCUT2D eigenvalue weighted by molar-refractivity contribution is 0.300. The summed E-state index contributed by atoms with van der Waals surface area (Å²) in [7, 11) is 3.86. The molecular weight excluding hydrogens is 326 g/mol. The number of halogens is 1. The monoisotopic (exact) mass is 353 g/mol. The highest BCUT2D eigenvalue weighted by Crippen LogP contribution is 2.40. The van der Waals surface area contributed by atoms with Crippen LogP contribution < -0.4 is 10.1 Å². The summed E-state index contributed by atoms with van der Waals surface area (Å²) in [6.07, 6.45) is 8.19. The molecule has 1 saturated carbocycles. The molecule has 2 nitrogen and oxygen atoms in total. The van der Waals surface area contributed by atoms with Crippen molar-refractivity contribution in [3.05, 3.63) is 27.2 Å². The summed E-state index contributed by atoms with van der Waals surface area (Å²) in [5.74, 6) is 1.89. The lowest BCUT2D eigenvalue weighted by atomic mass is 9.82. The van der Waals surface area contributed by atoms with Crippen molar-refractivity contribution in [1.29, 1.82) is 0 Å². The predicted molar refractivity (Wildman–Crippen MR) is 93.2 cm³/mol. The molecule has 1 aliphatic rings. The molecule has 1 atom stereocenters. The lowest BCUT2D eigenvalue weighted by Crippen LogP contribution is -2.23. The minimum Gasteiger partial charge on any atom is -0.496 e. The van der Waals surface area contributed by atoms with Crippen LogP contribution in [-0.4, -0.2) is 14.2 Å². The molecule has 0 amide bonds. The Kier molecular flexibility index (Phi) is 6.12. The van der Waals surface area contributed by atoms with Crippen LogP contribution in [-0.2, 0) is 0 Å². The van der Waals surface area contributed by atoms with Crippen molar-refractivity contribution in [2.75, 3.05) is 14.2 Å². The average Bonchev–Trinajstić information content (AvgIpc) is 2.49. The standard InChI is InChI=1S/C18H28BrNO/c1-12-10-15(19)13(2)17(18(12)21-4)16(20-3)11-14-8-6-5-7-9-14/h10,14,16,20H,5-9,11H2,1-4H3. The first-order chi connectivity index (χ1) is 10.1. The number of nitrogens with one attached hydrogen (secondary N) is 1. The predicted octanol–water partition coefficient (Wildman–Crippen LogP) is 5.31. The molecule has 21 heavy (non-hydrogen) atoms. The molecule has 0 spiro atoms. The first-order valence-corrected chi connectivity index (χ1v) is 8.88. The Balaban J connectivity index is 2.32. The molecule has 0 aromatic heterocycles. The van der Waals surface area contributed by atoms with Gasteiger partial charge in [-0.2, -0.15) is 0 Å². The Morgan fingerprint density at radius 3 is 2.52 bits per heavy atom. The summed E-state index contributed by atoms with van der Waals surface area (Å²) in [5, 5.41) is 3.53. The van der Waals surface area contributed by atoms with Gasteiger partial charge in [0.2, 0.25) is 0 Å². The number of aryl methyl sites for hydroxylation is 1. The number of methoxy groups -OCH3 is 1. The molecule has 0 saturated heterocycles. The van der Waals surface area contributed by atoms with Crippen LogP contribution in [0.1, 0.15) is 61.3 Å². The van der Waals surface area contributed by atoms with E-state index in [0.29, 0.717) is 6.04 Å². The van der Waals surface area contributed by atoms with E-state index in [0.717, 1.165) is 11.7 Å². The van der Waals surface area contributed by atoms with Gasteiger partial charge in [0, 0.05) is 16.1 Å². The molecule has 0 heterocycles. The topological polar surface area (TPSA) is 21.3 Å². The van der Waals surface area contributed by atoms with Crippen LogP contribution in [0.2, 0.25) is 0 Å². The second-order valence-electron chi connectivity index (χ2n) is 6.33. The van der Waals surface area contributed by atoms with Crippen molar-refractivity contribution in [1.82, 2.24) is 5.32 Å². The Morgan fingerprint density at radius 1 is 1.29 bits per heavy atom. The fourth-order valence-corrected chi connectivity index (χ4v) is 4.26. The molecule has 0 radical (unpaired) electrons. The maximum atomic E-state index is 5.72. The SMILES string of the molecule is CNC(CC1CCCCC1)c1c(C)c(Br)cc(C)c1OC. The smallest absolute Gasteiger partial charge is 0.126 e. The van der Waals surface area contributed by atoms with E-state index in [1.807, 2.05) is 0 Å². The van der Waals surface area contributed by atoms with E-state index in [9.17, 15) is 0 Å². The third kappa shape index (κ3) is 3.81. The number of benzene rings is 1. The van der Waals surface area contributed by atoms with E-state index in [1.165, 1.54) is 59.7 Å². The van der Waals surface area contributed by atoms with E-state index < -0.39 is 0 Å². The van der Waals surface area contributed by atoms with Gasteiger partial charge in [0.25, 0.3) is 0 Å². The minimum atomic E-state index is 0.374. The van der Waals surface area contributed by atoms with Crippen molar-refractivity contribution in [3.63, 3.8) is 0 Å². The van der Waals surface area contributed by atoms with Crippen LogP contribution in [0.15, 0.2) is 10.5 Å². The zero-order valence-electron chi connectivity index (χ0n) is 13.8. The fourth-order valence-electron chi connectivity index (χ4n) is 3.70. The normalized spacial score (nSPS) is 17.8. The third-order valence-corrected chi connectivity index (χ3v) is 5.73.